The van der Waals surface area contributed by atoms with E-state index in [9.17, 15) is 0 Å². The molecule has 0 saturated heterocycles. The maximum atomic E-state index is 8.65. The Morgan fingerprint density at radius 2 is 2.27 bits per heavy atom. The van der Waals surface area contributed by atoms with Crippen LogP contribution in [0.1, 0.15) is 39.5 Å². The number of nitrogens with one attached hydrogen (secondary N) is 1. The van der Waals surface area contributed by atoms with E-state index >= 15 is 0 Å². The predicted molar refractivity (Wildman–Crippen MR) is 64.8 cm³/mol. The Kier molecular flexibility index (Phi) is 5.96. The van der Waals surface area contributed by atoms with Crippen LogP contribution >= 0.6 is 0 Å². The van der Waals surface area contributed by atoms with E-state index in [4.69, 9.17) is 5.11 Å². The molecule has 1 aliphatic rings. The summed E-state index contributed by atoms with van der Waals surface area (Å²) in [6, 6.07) is 0. The van der Waals surface area contributed by atoms with Gasteiger partial charge in [0.2, 0.25) is 0 Å². The van der Waals surface area contributed by atoms with Gasteiger partial charge in [-0.05, 0) is 57.5 Å². The van der Waals surface area contributed by atoms with Crippen LogP contribution in [0.3, 0.4) is 0 Å². The molecule has 2 unspecified atom stereocenters. The van der Waals surface area contributed by atoms with Gasteiger partial charge >= 0.3 is 0 Å². The molecule has 2 heteroatoms. The normalized spacial score (nSPS) is 26.5. The molecule has 15 heavy (non-hydrogen) atoms. The molecule has 0 bridgehead atoms. The highest BCUT2D eigenvalue weighted by Gasteiger charge is 2.17. The molecule has 0 heterocycles. The Morgan fingerprint density at radius 1 is 1.47 bits per heavy atom. The predicted octanol–water partition coefficient (Wildman–Crippen LogP) is 2.34. The first-order valence-corrected chi connectivity index (χ1v) is 6.21. The minimum absolute atomic E-state index is 0.323. The monoisotopic (exact) mass is 211 g/mol. The van der Waals surface area contributed by atoms with Crippen molar-refractivity contribution < 1.29 is 5.11 Å². The fraction of sp³-hybridized carbons (Fsp3) is 0.846. The van der Waals surface area contributed by atoms with Gasteiger partial charge in [0.05, 0.1) is 0 Å². The number of aliphatic hydroxyl groups excluding tert-OH is 1. The third-order valence-corrected chi connectivity index (χ3v) is 3.08. The summed E-state index contributed by atoms with van der Waals surface area (Å²) < 4.78 is 0. The zero-order valence-corrected chi connectivity index (χ0v) is 10.1. The van der Waals surface area contributed by atoms with Gasteiger partial charge < -0.3 is 10.4 Å². The van der Waals surface area contributed by atoms with Crippen LogP contribution in [0.2, 0.25) is 0 Å². The zero-order chi connectivity index (χ0) is 11.1. The Morgan fingerprint density at radius 3 is 2.93 bits per heavy atom. The molecule has 2 nitrogen and oxygen atoms in total. The molecule has 88 valence electrons. The summed E-state index contributed by atoms with van der Waals surface area (Å²) in [7, 11) is 0. The summed E-state index contributed by atoms with van der Waals surface area (Å²) in [6.45, 7) is 7.06. The van der Waals surface area contributed by atoms with Crippen LogP contribution in [0.5, 0.6) is 0 Å². The maximum Gasteiger partial charge on any atom is 0.0431 e. The average Bonchev–Trinajstić information content (AvgIpc) is 2.16. The first-order valence-electron chi connectivity index (χ1n) is 6.21. The number of hydrogen-bond donors (Lipinski definition) is 2. The van der Waals surface area contributed by atoms with Crippen molar-refractivity contribution in [1.29, 1.82) is 0 Å². The summed E-state index contributed by atoms with van der Waals surface area (Å²) in [5.74, 6) is 1.57. The molecule has 0 aromatic carbocycles. The van der Waals surface area contributed by atoms with Crippen LogP contribution in [0.25, 0.3) is 0 Å². The smallest absolute Gasteiger partial charge is 0.0431 e. The van der Waals surface area contributed by atoms with Gasteiger partial charge in [0.25, 0.3) is 0 Å². The second-order valence-corrected chi connectivity index (χ2v) is 4.93. The SMILES string of the molecule is CC1=CC(C)CC(CNCCCCO)C1. The van der Waals surface area contributed by atoms with Crippen molar-refractivity contribution in [2.24, 2.45) is 11.8 Å². The van der Waals surface area contributed by atoms with Gasteiger partial charge in [-0.25, -0.2) is 0 Å². The lowest BCUT2D eigenvalue weighted by Crippen LogP contribution is -2.27. The van der Waals surface area contributed by atoms with Crippen molar-refractivity contribution in [2.45, 2.75) is 39.5 Å². The molecular formula is C13H25NO. The lowest BCUT2D eigenvalue weighted by Gasteiger charge is -2.25. The number of unbranched alkanes of at least 4 members (excludes halogenated alkanes) is 1. The molecule has 2 atom stereocenters. The topological polar surface area (TPSA) is 32.3 Å². The third kappa shape index (κ3) is 5.33. The van der Waals surface area contributed by atoms with E-state index < -0.39 is 0 Å². The second-order valence-electron chi connectivity index (χ2n) is 4.93. The lowest BCUT2D eigenvalue weighted by atomic mass is 9.84. The van der Waals surface area contributed by atoms with Crippen molar-refractivity contribution in [3.05, 3.63) is 11.6 Å². The minimum Gasteiger partial charge on any atom is -0.396 e. The molecule has 0 amide bonds. The van der Waals surface area contributed by atoms with E-state index in [1.807, 2.05) is 0 Å². The van der Waals surface area contributed by atoms with E-state index in [2.05, 4.69) is 25.2 Å². The molecular weight excluding hydrogens is 186 g/mol. The number of hydrogen-bond acceptors (Lipinski definition) is 2. The number of rotatable bonds is 6. The quantitative estimate of drug-likeness (QED) is 0.522. The van der Waals surface area contributed by atoms with Gasteiger partial charge in [0, 0.05) is 6.61 Å². The molecule has 1 rings (SSSR count). The summed E-state index contributed by atoms with van der Waals surface area (Å²) >= 11 is 0. The van der Waals surface area contributed by atoms with Crippen molar-refractivity contribution in [1.82, 2.24) is 5.32 Å². The average molecular weight is 211 g/mol. The fourth-order valence-electron chi connectivity index (χ4n) is 2.51. The first-order chi connectivity index (χ1) is 7.22. The first kappa shape index (κ1) is 12.7. The van der Waals surface area contributed by atoms with Gasteiger partial charge in [-0.2, -0.15) is 0 Å². The highest BCUT2D eigenvalue weighted by molar-refractivity contribution is 5.06. The Bertz CT molecular complexity index is 201. The highest BCUT2D eigenvalue weighted by atomic mass is 16.2. The van der Waals surface area contributed by atoms with Crippen molar-refractivity contribution in [3.63, 3.8) is 0 Å². The van der Waals surface area contributed by atoms with Crippen LogP contribution in [0, 0.1) is 11.8 Å². The molecule has 0 saturated carbocycles. The largest absolute Gasteiger partial charge is 0.396 e. The Labute approximate surface area is 93.8 Å². The van der Waals surface area contributed by atoms with Gasteiger partial charge in [-0.15, -0.1) is 0 Å². The van der Waals surface area contributed by atoms with Crippen molar-refractivity contribution >= 4 is 0 Å². The Hall–Kier alpha value is -0.340. The summed E-state index contributed by atoms with van der Waals surface area (Å²) in [5.41, 5.74) is 1.55. The molecule has 0 spiro atoms. The zero-order valence-electron chi connectivity index (χ0n) is 10.1. The maximum absolute atomic E-state index is 8.65. The second kappa shape index (κ2) is 7.02. The van der Waals surface area contributed by atoms with Gasteiger partial charge in [-0.1, -0.05) is 18.6 Å². The molecule has 2 N–H and O–H groups in total. The molecule has 0 aromatic rings. The van der Waals surface area contributed by atoms with Gasteiger partial charge in [-0.3, -0.25) is 0 Å². The van der Waals surface area contributed by atoms with Crippen LogP contribution in [0.15, 0.2) is 11.6 Å². The molecule has 0 fully saturated rings. The summed E-state index contributed by atoms with van der Waals surface area (Å²) in [6.07, 6.45) is 7.00. The van der Waals surface area contributed by atoms with Crippen LogP contribution < -0.4 is 5.32 Å². The van der Waals surface area contributed by atoms with Crippen LogP contribution in [0.4, 0.5) is 0 Å². The highest BCUT2D eigenvalue weighted by Crippen LogP contribution is 2.27. The van der Waals surface area contributed by atoms with E-state index in [-0.39, 0.29) is 0 Å². The van der Waals surface area contributed by atoms with Crippen molar-refractivity contribution in [3.8, 4) is 0 Å². The number of allylic oxidation sites excluding steroid dienone is 2. The minimum atomic E-state index is 0.323. The molecule has 0 aromatic heterocycles. The van der Waals surface area contributed by atoms with Crippen molar-refractivity contribution in [2.75, 3.05) is 19.7 Å². The Balaban J connectivity index is 2.09. The number of aliphatic hydroxyl groups is 1. The molecule has 0 radical (unpaired) electrons. The van der Waals surface area contributed by atoms with Crippen LogP contribution in [-0.2, 0) is 0 Å². The fourth-order valence-corrected chi connectivity index (χ4v) is 2.51. The van der Waals surface area contributed by atoms with E-state index in [0.717, 1.165) is 37.8 Å². The standard InChI is InChI=1S/C13H25NO/c1-11-7-12(2)9-13(8-11)10-14-5-3-4-6-15/h7,11,13-15H,3-6,8-10H2,1-2H3. The van der Waals surface area contributed by atoms with Crippen LogP contribution in [-0.4, -0.2) is 24.8 Å². The van der Waals surface area contributed by atoms with Gasteiger partial charge in [0.15, 0.2) is 0 Å². The summed E-state index contributed by atoms with van der Waals surface area (Å²) in [5, 5.41) is 12.1. The van der Waals surface area contributed by atoms with E-state index in [0.29, 0.717) is 6.61 Å². The van der Waals surface area contributed by atoms with E-state index in [1.54, 1.807) is 5.57 Å². The third-order valence-electron chi connectivity index (χ3n) is 3.08. The van der Waals surface area contributed by atoms with Gasteiger partial charge in [0.1, 0.15) is 0 Å². The molecule has 1 aliphatic carbocycles. The van der Waals surface area contributed by atoms with E-state index in [1.165, 1.54) is 12.8 Å². The summed E-state index contributed by atoms with van der Waals surface area (Å²) in [4.78, 5) is 0. The molecule has 0 aliphatic heterocycles. The lowest BCUT2D eigenvalue weighted by molar-refractivity contribution is 0.282.